The molecule has 0 aliphatic carbocycles. The summed E-state index contributed by atoms with van der Waals surface area (Å²) in [5.74, 6) is 0.134. The van der Waals surface area contributed by atoms with Crippen LogP contribution in [0.4, 0.5) is 13.2 Å². The lowest BCUT2D eigenvalue weighted by molar-refractivity contribution is -0.183. The summed E-state index contributed by atoms with van der Waals surface area (Å²) in [4.78, 5) is 13.7. The second kappa shape index (κ2) is 11.1. The van der Waals surface area contributed by atoms with E-state index in [-0.39, 0.29) is 37.7 Å². The van der Waals surface area contributed by atoms with E-state index in [0.29, 0.717) is 24.6 Å². The van der Waals surface area contributed by atoms with Crippen molar-refractivity contribution in [1.29, 1.82) is 0 Å². The second-order valence-electron chi connectivity index (χ2n) is 6.02. The lowest BCUT2D eigenvalue weighted by atomic mass is 10.1. The van der Waals surface area contributed by atoms with Gasteiger partial charge >= 0.3 is 6.18 Å². The zero-order valence-corrected chi connectivity index (χ0v) is 16.4. The first-order valence-corrected chi connectivity index (χ1v) is 8.58. The number of nitrogens with one attached hydrogen (secondary N) is 2. The lowest BCUT2D eigenvalue weighted by Crippen LogP contribution is -2.57. The zero-order chi connectivity index (χ0) is 19.9. The maximum absolute atomic E-state index is 13.4. The minimum atomic E-state index is -4.43. The quantitative estimate of drug-likeness (QED) is 0.628. The molecule has 1 aromatic carbocycles. The van der Waals surface area contributed by atoms with Crippen molar-refractivity contribution in [3.63, 3.8) is 0 Å². The molecule has 1 saturated heterocycles. The maximum Gasteiger partial charge on any atom is 0.405 e. The molecule has 0 bridgehead atoms. The Hall–Kier alpha value is -1.97. The van der Waals surface area contributed by atoms with E-state index < -0.39 is 24.7 Å². The van der Waals surface area contributed by atoms with Crippen LogP contribution in [0.25, 0.3) is 0 Å². The van der Waals surface area contributed by atoms with Gasteiger partial charge in [-0.05, 0) is 18.2 Å². The molecule has 6 nitrogen and oxygen atoms in total. The largest absolute Gasteiger partial charge is 0.493 e. The first-order chi connectivity index (χ1) is 12.9. The summed E-state index contributed by atoms with van der Waals surface area (Å²) in [6.45, 7) is 4.84. The van der Waals surface area contributed by atoms with E-state index >= 15 is 0 Å². The van der Waals surface area contributed by atoms with E-state index in [2.05, 4.69) is 17.2 Å². The molecule has 0 aromatic heterocycles. The van der Waals surface area contributed by atoms with Crippen molar-refractivity contribution in [2.45, 2.75) is 12.2 Å². The number of carbonyl (C=O) groups excluding carboxylic acids is 1. The van der Waals surface area contributed by atoms with E-state index in [9.17, 15) is 18.0 Å². The van der Waals surface area contributed by atoms with Gasteiger partial charge in [-0.3, -0.25) is 9.69 Å². The molecule has 28 heavy (non-hydrogen) atoms. The van der Waals surface area contributed by atoms with Gasteiger partial charge in [-0.1, -0.05) is 12.7 Å². The highest BCUT2D eigenvalue weighted by Crippen LogP contribution is 2.28. The van der Waals surface area contributed by atoms with Crippen LogP contribution in [0.3, 0.4) is 0 Å². The molecule has 1 fully saturated rings. The van der Waals surface area contributed by atoms with Crippen LogP contribution in [0.5, 0.6) is 11.5 Å². The molecule has 1 atom stereocenters. The minimum absolute atomic E-state index is 0. The van der Waals surface area contributed by atoms with Gasteiger partial charge in [0.1, 0.15) is 12.6 Å². The summed E-state index contributed by atoms with van der Waals surface area (Å²) in [5, 5.41) is 5.40. The molecule has 1 heterocycles. The summed E-state index contributed by atoms with van der Waals surface area (Å²) in [7, 11) is 1.42. The summed E-state index contributed by atoms with van der Waals surface area (Å²) in [5.41, 5.74) is 0.194. The third-order valence-electron chi connectivity index (χ3n) is 4.21. The highest BCUT2D eigenvalue weighted by molar-refractivity contribution is 5.94. The normalized spacial score (nSPS) is 15.9. The summed E-state index contributed by atoms with van der Waals surface area (Å²) in [6.07, 6.45) is -2.86. The standard InChI is InChI=1S/C18H24F3N3O3.ClH/c1-3-10-27-14-5-4-13(11-15(14)26-2)17(25)23-12-16(18(19,20)21)24-8-6-22-7-9-24;/h3-5,11,16,22H,1,6-10,12H2,2H3,(H,23,25);1H. The van der Waals surface area contributed by atoms with Crippen LogP contribution < -0.4 is 20.1 Å². The number of hydrogen-bond acceptors (Lipinski definition) is 5. The number of hydrogen-bond donors (Lipinski definition) is 2. The molecule has 1 amide bonds. The van der Waals surface area contributed by atoms with Crippen molar-refractivity contribution in [2.24, 2.45) is 0 Å². The third-order valence-corrected chi connectivity index (χ3v) is 4.21. The molecule has 1 aliphatic heterocycles. The van der Waals surface area contributed by atoms with Crippen molar-refractivity contribution < 1.29 is 27.4 Å². The van der Waals surface area contributed by atoms with Crippen molar-refractivity contribution in [1.82, 2.24) is 15.5 Å². The van der Waals surface area contributed by atoms with E-state index in [4.69, 9.17) is 9.47 Å². The van der Waals surface area contributed by atoms with Crippen LogP contribution in [0, 0.1) is 0 Å². The van der Waals surface area contributed by atoms with Gasteiger partial charge in [0.25, 0.3) is 5.91 Å². The fraction of sp³-hybridized carbons (Fsp3) is 0.500. The fourth-order valence-electron chi connectivity index (χ4n) is 2.81. The Balaban J connectivity index is 0.00000392. The first kappa shape index (κ1) is 24.1. The lowest BCUT2D eigenvalue weighted by Gasteiger charge is -2.35. The Labute approximate surface area is 168 Å². The summed E-state index contributed by atoms with van der Waals surface area (Å²) in [6, 6.07) is 2.72. The minimum Gasteiger partial charge on any atom is -0.493 e. The SMILES string of the molecule is C=CCOc1ccc(C(=O)NCC(N2CCNCC2)C(F)(F)F)cc1OC.Cl. The average Bonchev–Trinajstić information content (AvgIpc) is 2.66. The number of rotatable bonds is 8. The number of halogens is 4. The number of methoxy groups -OCH3 is 1. The molecule has 2 rings (SSSR count). The van der Waals surface area contributed by atoms with Crippen LogP contribution in [-0.2, 0) is 0 Å². The smallest absolute Gasteiger partial charge is 0.405 e. The Morgan fingerprint density at radius 1 is 1.36 bits per heavy atom. The van der Waals surface area contributed by atoms with Gasteiger partial charge in [-0.2, -0.15) is 13.2 Å². The molecule has 10 heteroatoms. The summed E-state index contributed by atoms with van der Waals surface area (Å²) >= 11 is 0. The van der Waals surface area contributed by atoms with Crippen LogP contribution in [0.1, 0.15) is 10.4 Å². The van der Waals surface area contributed by atoms with Crippen LogP contribution >= 0.6 is 12.4 Å². The molecule has 2 N–H and O–H groups in total. The van der Waals surface area contributed by atoms with Gasteiger partial charge in [0.15, 0.2) is 11.5 Å². The molecule has 0 spiro atoms. The van der Waals surface area contributed by atoms with Crippen molar-refractivity contribution in [3.8, 4) is 11.5 Å². The molecule has 1 aliphatic rings. The molecule has 0 saturated carbocycles. The Kier molecular flexibility index (Phi) is 9.57. The van der Waals surface area contributed by atoms with E-state index in [0.717, 1.165) is 0 Å². The number of nitrogens with zero attached hydrogens (tertiary/aromatic N) is 1. The van der Waals surface area contributed by atoms with E-state index in [1.807, 2.05) is 0 Å². The predicted octanol–water partition coefficient (Wildman–Crippen LogP) is 2.25. The maximum atomic E-state index is 13.4. The third kappa shape index (κ3) is 6.57. The average molecular weight is 424 g/mol. The summed E-state index contributed by atoms with van der Waals surface area (Å²) < 4.78 is 50.7. The van der Waals surface area contributed by atoms with Gasteiger partial charge in [-0.25, -0.2) is 0 Å². The van der Waals surface area contributed by atoms with Crippen LogP contribution in [-0.4, -0.2) is 69.5 Å². The number of alkyl halides is 3. The number of benzene rings is 1. The molecule has 1 unspecified atom stereocenters. The molecular formula is C18H25ClF3N3O3. The van der Waals surface area contributed by atoms with Gasteiger partial charge in [0, 0.05) is 38.3 Å². The van der Waals surface area contributed by atoms with Crippen LogP contribution in [0.15, 0.2) is 30.9 Å². The Morgan fingerprint density at radius 2 is 2.04 bits per heavy atom. The van der Waals surface area contributed by atoms with Crippen molar-refractivity contribution >= 4 is 18.3 Å². The number of piperazine rings is 1. The number of carbonyl (C=O) groups is 1. The molecule has 1 aromatic rings. The second-order valence-corrected chi connectivity index (χ2v) is 6.02. The zero-order valence-electron chi connectivity index (χ0n) is 15.6. The molecule has 158 valence electrons. The van der Waals surface area contributed by atoms with E-state index in [1.165, 1.54) is 30.2 Å². The van der Waals surface area contributed by atoms with Crippen LogP contribution in [0.2, 0.25) is 0 Å². The highest BCUT2D eigenvalue weighted by Gasteiger charge is 2.43. The topological polar surface area (TPSA) is 62.8 Å². The predicted molar refractivity (Wildman–Crippen MR) is 103 cm³/mol. The van der Waals surface area contributed by atoms with Crippen molar-refractivity contribution in [2.75, 3.05) is 46.4 Å². The number of amides is 1. The van der Waals surface area contributed by atoms with Gasteiger partial charge in [0.05, 0.1) is 7.11 Å². The Bertz CT molecular complexity index is 653. The molecule has 0 radical (unpaired) electrons. The molecular weight excluding hydrogens is 399 g/mol. The van der Waals surface area contributed by atoms with Gasteiger partial charge < -0.3 is 20.1 Å². The number of ether oxygens (including phenoxy) is 2. The monoisotopic (exact) mass is 423 g/mol. The van der Waals surface area contributed by atoms with Crippen molar-refractivity contribution in [3.05, 3.63) is 36.4 Å². The Morgan fingerprint density at radius 3 is 2.61 bits per heavy atom. The van der Waals surface area contributed by atoms with E-state index in [1.54, 1.807) is 6.08 Å². The first-order valence-electron chi connectivity index (χ1n) is 8.58. The fourth-order valence-corrected chi connectivity index (χ4v) is 2.81. The highest BCUT2D eigenvalue weighted by atomic mass is 35.5. The van der Waals surface area contributed by atoms with Gasteiger partial charge in [0.2, 0.25) is 0 Å². The van der Waals surface area contributed by atoms with Gasteiger partial charge in [-0.15, -0.1) is 12.4 Å².